The lowest BCUT2D eigenvalue weighted by atomic mass is 10.1. The number of benzene rings is 2. The van der Waals surface area contributed by atoms with E-state index in [-0.39, 0.29) is 5.91 Å². The van der Waals surface area contributed by atoms with Crippen LogP contribution in [0.4, 0.5) is 5.69 Å². The van der Waals surface area contributed by atoms with Crippen LogP contribution in [0.3, 0.4) is 0 Å². The number of carbonyl (C=O) groups excluding carboxylic acids is 1. The highest BCUT2D eigenvalue weighted by molar-refractivity contribution is 6.32. The van der Waals surface area contributed by atoms with Crippen LogP contribution in [0.2, 0.25) is 5.02 Å². The van der Waals surface area contributed by atoms with E-state index in [0.29, 0.717) is 16.3 Å². The minimum atomic E-state index is -0.113. The molecule has 0 unspecified atom stereocenters. The molecule has 0 saturated heterocycles. The van der Waals surface area contributed by atoms with Crippen LogP contribution in [0, 0.1) is 20.8 Å². The van der Waals surface area contributed by atoms with E-state index in [4.69, 9.17) is 11.6 Å². The first kappa shape index (κ1) is 19.2. The van der Waals surface area contributed by atoms with E-state index in [2.05, 4.69) is 36.5 Å². The van der Waals surface area contributed by atoms with Crippen molar-refractivity contribution in [2.24, 2.45) is 5.10 Å². The van der Waals surface area contributed by atoms with E-state index >= 15 is 0 Å². The van der Waals surface area contributed by atoms with Gasteiger partial charge in [-0.3, -0.25) is 4.79 Å². The molecule has 0 fully saturated rings. The maximum atomic E-state index is 13.0. The number of aryl methyl sites for hydroxylation is 2. The van der Waals surface area contributed by atoms with Crippen molar-refractivity contribution in [3.63, 3.8) is 0 Å². The largest absolute Gasteiger partial charge is 0.318 e. The molecular weight excluding hydrogens is 382 g/mol. The van der Waals surface area contributed by atoms with Crippen LogP contribution in [0.15, 0.2) is 65.3 Å². The van der Waals surface area contributed by atoms with Crippen LogP contribution in [0.25, 0.3) is 11.8 Å². The number of amides is 1. The van der Waals surface area contributed by atoms with Gasteiger partial charge in [0.1, 0.15) is 0 Å². The van der Waals surface area contributed by atoms with Gasteiger partial charge in [0.05, 0.1) is 17.0 Å². The number of hydrogen-bond donors (Lipinski definition) is 0. The first-order chi connectivity index (χ1) is 13.9. The Morgan fingerprint density at radius 3 is 2.41 bits per heavy atom. The number of halogens is 1. The number of carbonyl (C=O) groups is 1. The Hall–Kier alpha value is -3.11. The molecule has 0 spiro atoms. The summed E-state index contributed by atoms with van der Waals surface area (Å²) in [4.78, 5) is 13.0. The molecule has 5 heteroatoms. The van der Waals surface area contributed by atoms with Gasteiger partial charge in [-0.2, -0.15) is 10.1 Å². The number of rotatable bonds is 3. The summed E-state index contributed by atoms with van der Waals surface area (Å²) < 4.78 is 2.18. The number of hydrogen-bond acceptors (Lipinski definition) is 2. The quantitative estimate of drug-likeness (QED) is 0.504. The molecule has 0 aliphatic carbocycles. The lowest BCUT2D eigenvalue weighted by Gasteiger charge is -2.13. The molecule has 1 aromatic heterocycles. The molecule has 2 aromatic carbocycles. The zero-order valence-electron chi connectivity index (χ0n) is 16.9. The Balaban J connectivity index is 1.76. The van der Waals surface area contributed by atoms with Gasteiger partial charge < -0.3 is 4.57 Å². The predicted molar refractivity (Wildman–Crippen MR) is 120 cm³/mol. The Kier molecular flexibility index (Phi) is 4.89. The minimum Gasteiger partial charge on any atom is -0.318 e. The van der Waals surface area contributed by atoms with Crippen molar-refractivity contribution < 1.29 is 4.79 Å². The molecule has 1 amide bonds. The zero-order valence-corrected chi connectivity index (χ0v) is 17.7. The van der Waals surface area contributed by atoms with E-state index in [1.165, 1.54) is 5.01 Å². The average Bonchev–Trinajstić information content (AvgIpc) is 3.14. The Morgan fingerprint density at radius 2 is 1.69 bits per heavy atom. The first-order valence-corrected chi connectivity index (χ1v) is 9.87. The fraction of sp³-hybridized carbons (Fsp3) is 0.167. The summed E-state index contributed by atoms with van der Waals surface area (Å²) >= 11 is 6.24. The smallest absolute Gasteiger partial charge is 0.280 e. The van der Waals surface area contributed by atoms with Crippen molar-refractivity contribution in [1.82, 2.24) is 4.57 Å². The zero-order chi connectivity index (χ0) is 20.7. The Labute approximate surface area is 175 Å². The van der Waals surface area contributed by atoms with Crippen LogP contribution in [0.5, 0.6) is 0 Å². The molecule has 2 heterocycles. The van der Waals surface area contributed by atoms with E-state index in [1.54, 1.807) is 0 Å². The summed E-state index contributed by atoms with van der Waals surface area (Å²) in [5.74, 6) is -0.113. The van der Waals surface area contributed by atoms with E-state index in [1.807, 2.05) is 61.5 Å². The lowest BCUT2D eigenvalue weighted by Crippen LogP contribution is -2.21. The molecule has 0 N–H and O–H groups in total. The van der Waals surface area contributed by atoms with Gasteiger partial charge in [0.2, 0.25) is 0 Å². The SMILES string of the molecule is CC1=NN(c2ccccc2)C(=O)/C1=C\c1cc(C)n(-c2cc(Cl)ccc2C)c1C. The molecule has 3 aromatic rings. The third-order valence-electron chi connectivity index (χ3n) is 5.25. The van der Waals surface area contributed by atoms with Crippen LogP contribution in [-0.4, -0.2) is 16.2 Å². The standard InChI is InChI=1S/C24H22ClN3O/c1-15-10-11-20(25)14-23(15)27-16(2)12-19(18(27)4)13-22-17(3)26-28(24(22)29)21-8-6-5-7-9-21/h5-14H,1-4H3/b22-13-. The topological polar surface area (TPSA) is 37.6 Å². The number of nitrogens with zero attached hydrogens (tertiary/aromatic N) is 3. The highest BCUT2D eigenvalue weighted by atomic mass is 35.5. The monoisotopic (exact) mass is 403 g/mol. The van der Waals surface area contributed by atoms with Gasteiger partial charge in [-0.1, -0.05) is 35.9 Å². The highest BCUT2D eigenvalue weighted by Gasteiger charge is 2.29. The maximum absolute atomic E-state index is 13.0. The lowest BCUT2D eigenvalue weighted by molar-refractivity contribution is -0.114. The highest BCUT2D eigenvalue weighted by Crippen LogP contribution is 2.29. The summed E-state index contributed by atoms with van der Waals surface area (Å²) in [7, 11) is 0. The minimum absolute atomic E-state index is 0.113. The van der Waals surface area contributed by atoms with Gasteiger partial charge in [0, 0.05) is 22.1 Å². The van der Waals surface area contributed by atoms with Crippen molar-refractivity contribution in [3.8, 4) is 5.69 Å². The van der Waals surface area contributed by atoms with E-state index < -0.39 is 0 Å². The molecule has 0 saturated carbocycles. The van der Waals surface area contributed by atoms with Crippen molar-refractivity contribution in [3.05, 3.63) is 87.7 Å². The first-order valence-electron chi connectivity index (χ1n) is 9.49. The van der Waals surface area contributed by atoms with Crippen LogP contribution in [-0.2, 0) is 4.79 Å². The van der Waals surface area contributed by atoms with E-state index in [9.17, 15) is 4.79 Å². The summed E-state index contributed by atoms with van der Waals surface area (Å²) in [6.45, 7) is 8.05. The number of anilines is 1. The molecular formula is C24H22ClN3O. The molecule has 1 aliphatic heterocycles. The van der Waals surface area contributed by atoms with E-state index in [0.717, 1.165) is 33.9 Å². The van der Waals surface area contributed by atoms with Gasteiger partial charge >= 0.3 is 0 Å². The summed E-state index contributed by atoms with van der Waals surface area (Å²) in [6.07, 6.45) is 1.93. The van der Waals surface area contributed by atoms with Crippen LogP contribution < -0.4 is 5.01 Å². The van der Waals surface area contributed by atoms with Crippen molar-refractivity contribution in [2.75, 3.05) is 5.01 Å². The van der Waals surface area contributed by atoms with Crippen molar-refractivity contribution >= 4 is 35.0 Å². The van der Waals surface area contributed by atoms with Crippen molar-refractivity contribution in [2.45, 2.75) is 27.7 Å². The van der Waals surface area contributed by atoms with Gasteiger partial charge in [0.25, 0.3) is 5.91 Å². The van der Waals surface area contributed by atoms with Crippen LogP contribution in [0.1, 0.15) is 29.4 Å². The third kappa shape index (κ3) is 3.40. The molecule has 1 aliphatic rings. The summed E-state index contributed by atoms with van der Waals surface area (Å²) in [6, 6.07) is 17.5. The number of aromatic nitrogens is 1. The fourth-order valence-electron chi connectivity index (χ4n) is 3.71. The number of para-hydroxylation sites is 1. The fourth-order valence-corrected chi connectivity index (χ4v) is 3.88. The van der Waals surface area contributed by atoms with Gasteiger partial charge in [0.15, 0.2) is 0 Å². The Bertz CT molecular complexity index is 1170. The molecule has 29 heavy (non-hydrogen) atoms. The molecule has 0 radical (unpaired) electrons. The predicted octanol–water partition coefficient (Wildman–Crippen LogP) is 5.86. The number of hydrazone groups is 1. The second-order valence-electron chi connectivity index (χ2n) is 7.29. The van der Waals surface area contributed by atoms with Crippen molar-refractivity contribution in [1.29, 1.82) is 0 Å². The summed E-state index contributed by atoms with van der Waals surface area (Å²) in [5, 5.41) is 6.63. The average molecular weight is 404 g/mol. The third-order valence-corrected chi connectivity index (χ3v) is 5.48. The maximum Gasteiger partial charge on any atom is 0.280 e. The second-order valence-corrected chi connectivity index (χ2v) is 7.73. The molecule has 4 nitrogen and oxygen atoms in total. The summed E-state index contributed by atoms with van der Waals surface area (Å²) in [5.41, 5.74) is 7.40. The Morgan fingerprint density at radius 1 is 0.966 bits per heavy atom. The second kappa shape index (κ2) is 7.37. The molecule has 146 valence electrons. The van der Waals surface area contributed by atoms with Gasteiger partial charge in [-0.15, -0.1) is 0 Å². The van der Waals surface area contributed by atoms with Gasteiger partial charge in [-0.25, -0.2) is 0 Å². The molecule has 4 rings (SSSR count). The molecule has 0 bridgehead atoms. The van der Waals surface area contributed by atoms with Crippen LogP contribution >= 0.6 is 11.6 Å². The van der Waals surface area contributed by atoms with Gasteiger partial charge in [-0.05, 0) is 75.2 Å². The normalized spacial score (nSPS) is 15.3. The molecule has 0 atom stereocenters.